The normalized spacial score (nSPS) is 10.6. The van der Waals surface area contributed by atoms with Crippen LogP contribution in [-0.4, -0.2) is 0 Å². The van der Waals surface area contributed by atoms with Gasteiger partial charge in [0, 0.05) is 0 Å². The topological polar surface area (TPSA) is 0 Å². The molecule has 0 spiro atoms. The van der Waals surface area contributed by atoms with Gasteiger partial charge in [-0.2, -0.15) is 13.2 Å². The number of alkyl halides is 3. The summed E-state index contributed by atoms with van der Waals surface area (Å²) >= 11 is 16.8. The van der Waals surface area contributed by atoms with E-state index in [1.165, 1.54) is 12.1 Å². The zero-order valence-electron chi connectivity index (χ0n) is 9.39. The Balaban J connectivity index is 0.000000191. The van der Waals surface area contributed by atoms with Crippen molar-refractivity contribution in [3.8, 4) is 0 Å². The minimum absolute atomic E-state index is 0.417. The summed E-state index contributed by atoms with van der Waals surface area (Å²) in [6, 6.07) is 11.5. The second-order valence-electron chi connectivity index (χ2n) is 3.40. The Kier molecular flexibility index (Phi) is 5.98. The summed E-state index contributed by atoms with van der Waals surface area (Å²) in [4.78, 5) is 0. The van der Waals surface area contributed by atoms with Crippen LogP contribution >= 0.6 is 34.8 Å². The predicted octanol–water partition coefficient (Wildman–Crippen LogP) is 6.35. The third-order valence-corrected chi connectivity index (χ3v) is 3.24. The number of hydrogen-bond acceptors (Lipinski definition) is 0. The molecular weight excluding hydrogens is 319 g/mol. The zero-order chi connectivity index (χ0) is 14.5. The maximum absolute atomic E-state index is 11.8. The first kappa shape index (κ1) is 16.2. The van der Waals surface area contributed by atoms with Crippen molar-refractivity contribution in [1.29, 1.82) is 0 Å². The molecule has 0 unspecified atom stereocenters. The fourth-order valence-corrected chi connectivity index (χ4v) is 1.63. The van der Waals surface area contributed by atoms with E-state index in [2.05, 4.69) is 0 Å². The van der Waals surface area contributed by atoms with E-state index >= 15 is 0 Å². The van der Waals surface area contributed by atoms with Gasteiger partial charge in [-0.05, 0) is 12.1 Å². The van der Waals surface area contributed by atoms with Crippen molar-refractivity contribution in [3.05, 3.63) is 69.2 Å². The minimum atomic E-state index is -4.21. The van der Waals surface area contributed by atoms with Crippen LogP contribution in [-0.2, 0) is 6.18 Å². The van der Waals surface area contributed by atoms with Gasteiger partial charge in [0.15, 0.2) is 0 Å². The van der Waals surface area contributed by atoms with Gasteiger partial charge in [-0.25, -0.2) is 0 Å². The third kappa shape index (κ3) is 5.31. The van der Waals surface area contributed by atoms with Crippen LogP contribution in [0.15, 0.2) is 48.5 Å². The Morgan fingerprint density at radius 2 is 1.16 bits per heavy atom. The second kappa shape index (κ2) is 7.04. The van der Waals surface area contributed by atoms with Crippen LogP contribution < -0.4 is 0 Å². The Morgan fingerprint density at radius 1 is 0.684 bits per heavy atom. The fourth-order valence-electron chi connectivity index (χ4n) is 1.10. The van der Waals surface area contributed by atoms with Crippen LogP contribution in [0.25, 0.3) is 0 Å². The number of rotatable bonds is 0. The van der Waals surface area contributed by atoms with Crippen LogP contribution in [0.3, 0.4) is 0 Å². The third-order valence-electron chi connectivity index (χ3n) is 2.01. The lowest BCUT2D eigenvalue weighted by atomic mass is 10.2. The van der Waals surface area contributed by atoms with Gasteiger partial charge in [0.25, 0.3) is 0 Å². The molecule has 0 aliphatic rings. The van der Waals surface area contributed by atoms with Crippen molar-refractivity contribution in [1.82, 2.24) is 0 Å². The Labute approximate surface area is 123 Å². The quantitative estimate of drug-likeness (QED) is 0.494. The summed E-state index contributed by atoms with van der Waals surface area (Å²) in [7, 11) is 0. The van der Waals surface area contributed by atoms with Crippen LogP contribution in [0.1, 0.15) is 5.56 Å². The largest absolute Gasteiger partial charge is 0.416 e. The molecule has 0 heterocycles. The van der Waals surface area contributed by atoms with Crippen LogP contribution in [0.5, 0.6) is 0 Å². The molecule has 0 N–H and O–H groups in total. The van der Waals surface area contributed by atoms with Gasteiger partial charge < -0.3 is 0 Å². The van der Waals surface area contributed by atoms with Gasteiger partial charge in [-0.3, -0.25) is 0 Å². The average Bonchev–Trinajstić information content (AvgIpc) is 2.37. The van der Waals surface area contributed by atoms with Crippen molar-refractivity contribution in [2.45, 2.75) is 6.18 Å². The highest BCUT2D eigenvalue weighted by Gasteiger charge is 2.29. The Morgan fingerprint density at radius 3 is 1.47 bits per heavy atom. The number of benzene rings is 2. The van der Waals surface area contributed by atoms with Gasteiger partial charge in [-0.1, -0.05) is 71.2 Å². The molecule has 102 valence electrons. The van der Waals surface area contributed by atoms with E-state index in [4.69, 9.17) is 34.8 Å². The molecule has 0 saturated heterocycles. The first-order valence-electron chi connectivity index (χ1n) is 5.04. The lowest BCUT2D eigenvalue weighted by Gasteiger charge is -2.03. The second-order valence-corrected chi connectivity index (χ2v) is 4.59. The maximum Gasteiger partial charge on any atom is 0.416 e. The molecule has 0 radical (unpaired) electrons. The summed E-state index contributed by atoms with van der Waals surface area (Å²) < 4.78 is 35.4. The molecule has 2 aromatic rings. The molecular formula is C13H8Cl3F3. The van der Waals surface area contributed by atoms with Crippen molar-refractivity contribution in [2.24, 2.45) is 0 Å². The molecule has 0 nitrogen and oxygen atoms in total. The molecule has 0 bridgehead atoms. The molecule has 0 saturated carbocycles. The molecule has 0 amide bonds. The highest BCUT2D eigenvalue weighted by atomic mass is 35.5. The lowest BCUT2D eigenvalue weighted by molar-refractivity contribution is -0.137. The molecule has 0 aliphatic heterocycles. The molecule has 0 atom stereocenters. The SMILES string of the molecule is Clc1cccc(Cl)c1Cl.FC(F)(F)c1ccccc1. The smallest absolute Gasteiger partial charge is 0.166 e. The highest BCUT2D eigenvalue weighted by Crippen LogP contribution is 2.29. The summed E-state index contributed by atoms with van der Waals surface area (Å²) in [5.41, 5.74) is -0.602. The molecule has 0 aromatic heterocycles. The first-order chi connectivity index (χ1) is 8.82. The van der Waals surface area contributed by atoms with Gasteiger partial charge in [0.1, 0.15) is 0 Å². The summed E-state index contributed by atoms with van der Waals surface area (Å²) in [6.07, 6.45) is -4.21. The first-order valence-corrected chi connectivity index (χ1v) is 6.17. The summed E-state index contributed by atoms with van der Waals surface area (Å²) in [5, 5.41) is 1.40. The van der Waals surface area contributed by atoms with E-state index in [0.29, 0.717) is 15.1 Å². The van der Waals surface area contributed by atoms with Gasteiger partial charge in [0.2, 0.25) is 0 Å². The van der Waals surface area contributed by atoms with E-state index in [0.717, 1.165) is 12.1 Å². The Hall–Kier alpha value is -0.900. The maximum atomic E-state index is 11.8. The molecule has 0 aliphatic carbocycles. The van der Waals surface area contributed by atoms with E-state index in [1.807, 2.05) is 0 Å². The fraction of sp³-hybridized carbons (Fsp3) is 0.0769. The van der Waals surface area contributed by atoms with E-state index < -0.39 is 11.7 Å². The summed E-state index contributed by atoms with van der Waals surface area (Å²) in [6.45, 7) is 0. The van der Waals surface area contributed by atoms with Crippen LogP contribution in [0.2, 0.25) is 15.1 Å². The van der Waals surface area contributed by atoms with Gasteiger partial charge >= 0.3 is 6.18 Å². The van der Waals surface area contributed by atoms with Gasteiger partial charge in [-0.15, -0.1) is 0 Å². The van der Waals surface area contributed by atoms with Crippen LogP contribution in [0.4, 0.5) is 13.2 Å². The summed E-state index contributed by atoms with van der Waals surface area (Å²) in [5.74, 6) is 0. The van der Waals surface area contributed by atoms with Gasteiger partial charge in [0.05, 0.1) is 20.6 Å². The van der Waals surface area contributed by atoms with Crippen molar-refractivity contribution >= 4 is 34.8 Å². The molecule has 2 rings (SSSR count). The number of halogens is 6. The van der Waals surface area contributed by atoms with E-state index in [-0.39, 0.29) is 0 Å². The minimum Gasteiger partial charge on any atom is -0.166 e. The number of hydrogen-bond donors (Lipinski definition) is 0. The van der Waals surface area contributed by atoms with Crippen molar-refractivity contribution in [3.63, 3.8) is 0 Å². The predicted molar refractivity (Wildman–Crippen MR) is 72.9 cm³/mol. The van der Waals surface area contributed by atoms with Crippen molar-refractivity contribution < 1.29 is 13.2 Å². The Bertz CT molecular complexity index is 504. The van der Waals surface area contributed by atoms with Crippen LogP contribution in [0, 0.1) is 0 Å². The monoisotopic (exact) mass is 326 g/mol. The molecule has 2 aromatic carbocycles. The van der Waals surface area contributed by atoms with Crippen molar-refractivity contribution in [2.75, 3.05) is 0 Å². The zero-order valence-corrected chi connectivity index (χ0v) is 11.7. The highest BCUT2D eigenvalue weighted by molar-refractivity contribution is 6.47. The molecule has 0 fully saturated rings. The molecule has 6 heteroatoms. The standard InChI is InChI=1S/C7H5F3.C6H3Cl3/c8-7(9,10)6-4-2-1-3-5-6;7-4-2-1-3-5(8)6(4)9/h1-5H;1-3H. The lowest BCUT2D eigenvalue weighted by Crippen LogP contribution is -2.03. The molecule has 19 heavy (non-hydrogen) atoms. The van der Waals surface area contributed by atoms with E-state index in [1.54, 1.807) is 24.3 Å². The van der Waals surface area contributed by atoms with E-state index in [9.17, 15) is 13.2 Å². The average molecular weight is 328 g/mol.